The smallest absolute Gasteiger partial charge is 0.307 e. The van der Waals surface area contributed by atoms with E-state index in [1.165, 1.54) is 6.07 Å². The second-order valence-electron chi connectivity index (χ2n) is 6.16. The van der Waals surface area contributed by atoms with Crippen LogP contribution in [0.2, 0.25) is 0 Å². The number of carbonyl (C=O) groups excluding carboxylic acids is 1. The Bertz CT molecular complexity index is 499. The van der Waals surface area contributed by atoms with Gasteiger partial charge in [0.15, 0.2) is 0 Å². The van der Waals surface area contributed by atoms with Gasteiger partial charge in [0.2, 0.25) is 0 Å². The first kappa shape index (κ1) is 17.1. The first-order chi connectivity index (χ1) is 9.07. The van der Waals surface area contributed by atoms with Crippen LogP contribution in [0.5, 0.6) is 0 Å². The Labute approximate surface area is 127 Å². The summed E-state index contributed by atoms with van der Waals surface area (Å²) in [5.41, 5.74) is 5.51. The lowest BCUT2D eigenvalue weighted by molar-refractivity contribution is -0.156. The Kier molecular flexibility index (Phi) is 5.33. The molecule has 3 nitrogen and oxygen atoms in total. The predicted molar refractivity (Wildman–Crippen MR) is 81.0 cm³/mol. The number of esters is 1. The zero-order valence-electron chi connectivity index (χ0n) is 12.3. The molecule has 112 valence electrons. The summed E-state index contributed by atoms with van der Waals surface area (Å²) in [7, 11) is 0. The summed E-state index contributed by atoms with van der Waals surface area (Å²) in [6.07, 6.45) is 0.152. The average Bonchev–Trinajstić information content (AvgIpc) is 2.29. The van der Waals surface area contributed by atoms with Crippen molar-refractivity contribution in [2.75, 3.05) is 6.54 Å². The van der Waals surface area contributed by atoms with Crippen molar-refractivity contribution in [3.8, 4) is 0 Å². The van der Waals surface area contributed by atoms with Gasteiger partial charge in [0.25, 0.3) is 0 Å². The van der Waals surface area contributed by atoms with E-state index in [1.807, 2.05) is 27.7 Å². The van der Waals surface area contributed by atoms with Gasteiger partial charge in [-0.15, -0.1) is 0 Å². The quantitative estimate of drug-likeness (QED) is 0.849. The van der Waals surface area contributed by atoms with Crippen molar-refractivity contribution in [2.45, 2.75) is 45.1 Å². The summed E-state index contributed by atoms with van der Waals surface area (Å²) in [6.45, 7) is 7.60. The Morgan fingerprint density at radius 2 is 1.95 bits per heavy atom. The van der Waals surface area contributed by atoms with Gasteiger partial charge in [0, 0.05) is 12.0 Å². The largest absolute Gasteiger partial charge is 0.460 e. The second-order valence-corrected chi connectivity index (χ2v) is 7.01. The molecule has 1 aromatic rings. The van der Waals surface area contributed by atoms with Crippen molar-refractivity contribution >= 4 is 21.9 Å². The van der Waals surface area contributed by atoms with Crippen LogP contribution in [-0.4, -0.2) is 18.1 Å². The maximum Gasteiger partial charge on any atom is 0.307 e. The Morgan fingerprint density at radius 3 is 2.40 bits per heavy atom. The van der Waals surface area contributed by atoms with E-state index < -0.39 is 11.0 Å². The van der Waals surface area contributed by atoms with Crippen molar-refractivity contribution in [3.05, 3.63) is 34.1 Å². The van der Waals surface area contributed by atoms with Gasteiger partial charge >= 0.3 is 5.97 Å². The van der Waals surface area contributed by atoms with Gasteiger partial charge in [-0.05, 0) is 54.4 Å². The molecule has 0 fully saturated rings. The maximum absolute atomic E-state index is 13.3. The molecular weight excluding hydrogens is 325 g/mol. The fourth-order valence-corrected chi connectivity index (χ4v) is 2.24. The molecule has 0 saturated carbocycles. The van der Waals surface area contributed by atoms with Crippen LogP contribution in [-0.2, 0) is 14.9 Å². The van der Waals surface area contributed by atoms with Crippen LogP contribution in [0.15, 0.2) is 22.7 Å². The molecule has 0 aliphatic carbocycles. The molecule has 0 aromatic heterocycles. The molecule has 0 bridgehead atoms. The molecule has 0 amide bonds. The highest BCUT2D eigenvalue weighted by Crippen LogP contribution is 2.30. The zero-order valence-corrected chi connectivity index (χ0v) is 13.9. The number of hydrogen-bond donors (Lipinski definition) is 1. The summed E-state index contributed by atoms with van der Waals surface area (Å²) in [5.74, 6) is -0.656. The molecule has 1 rings (SSSR count). The lowest BCUT2D eigenvalue weighted by Crippen LogP contribution is -2.36. The van der Waals surface area contributed by atoms with Crippen LogP contribution in [0.25, 0.3) is 0 Å². The van der Waals surface area contributed by atoms with Gasteiger partial charge in [-0.2, -0.15) is 0 Å². The third-order valence-corrected chi connectivity index (χ3v) is 3.63. The Morgan fingerprint density at radius 1 is 1.35 bits per heavy atom. The molecule has 0 spiro atoms. The summed E-state index contributed by atoms with van der Waals surface area (Å²) >= 11 is 3.15. The molecule has 0 saturated heterocycles. The number of benzene rings is 1. The summed E-state index contributed by atoms with van der Waals surface area (Å²) in [4.78, 5) is 12.0. The third-order valence-electron chi connectivity index (χ3n) is 3.02. The predicted octanol–water partition coefficient (Wildman–Crippen LogP) is 3.54. The topological polar surface area (TPSA) is 52.3 Å². The van der Waals surface area contributed by atoms with Crippen molar-refractivity contribution in [2.24, 2.45) is 5.73 Å². The Balaban J connectivity index is 2.96. The van der Waals surface area contributed by atoms with Gasteiger partial charge in [-0.25, -0.2) is 4.39 Å². The van der Waals surface area contributed by atoms with Crippen LogP contribution in [0, 0.1) is 5.82 Å². The number of carbonyl (C=O) groups is 1. The summed E-state index contributed by atoms with van der Waals surface area (Å²) < 4.78 is 19.0. The van der Waals surface area contributed by atoms with Crippen LogP contribution in [0.3, 0.4) is 0 Å². The van der Waals surface area contributed by atoms with E-state index in [0.29, 0.717) is 4.47 Å². The SMILES string of the molecule is CC(C)(C)OC(=O)CC(C)(CN)c1ccc(F)c(Br)c1. The van der Waals surface area contributed by atoms with Crippen LogP contribution in [0.1, 0.15) is 39.7 Å². The maximum atomic E-state index is 13.3. The minimum Gasteiger partial charge on any atom is -0.460 e. The molecule has 1 unspecified atom stereocenters. The van der Waals surface area contributed by atoms with Gasteiger partial charge in [0.05, 0.1) is 10.9 Å². The van der Waals surface area contributed by atoms with Gasteiger partial charge in [0.1, 0.15) is 11.4 Å². The fourth-order valence-electron chi connectivity index (χ4n) is 1.86. The second kappa shape index (κ2) is 6.22. The van der Waals surface area contributed by atoms with E-state index in [9.17, 15) is 9.18 Å². The lowest BCUT2D eigenvalue weighted by Gasteiger charge is -2.29. The van der Waals surface area contributed by atoms with Gasteiger partial charge in [-0.3, -0.25) is 4.79 Å². The molecular formula is C15H21BrFNO2. The highest BCUT2D eigenvalue weighted by Gasteiger charge is 2.31. The van der Waals surface area contributed by atoms with Crippen molar-refractivity contribution < 1.29 is 13.9 Å². The van der Waals surface area contributed by atoms with E-state index in [0.717, 1.165) is 5.56 Å². The Hall–Kier alpha value is -0.940. The molecule has 0 aliphatic heterocycles. The highest BCUT2D eigenvalue weighted by molar-refractivity contribution is 9.10. The fraction of sp³-hybridized carbons (Fsp3) is 0.533. The molecule has 2 N–H and O–H groups in total. The normalized spacial score (nSPS) is 14.8. The van der Waals surface area contributed by atoms with Crippen LogP contribution >= 0.6 is 15.9 Å². The summed E-state index contributed by atoms with van der Waals surface area (Å²) in [6, 6.07) is 4.67. The molecule has 20 heavy (non-hydrogen) atoms. The number of rotatable bonds is 4. The number of ether oxygens (including phenoxy) is 1. The minimum atomic E-state index is -0.585. The van der Waals surface area contributed by atoms with E-state index in [-0.39, 0.29) is 24.8 Å². The molecule has 1 aromatic carbocycles. The van der Waals surface area contributed by atoms with Gasteiger partial charge in [-0.1, -0.05) is 13.0 Å². The van der Waals surface area contributed by atoms with Crippen molar-refractivity contribution in [3.63, 3.8) is 0 Å². The monoisotopic (exact) mass is 345 g/mol. The average molecular weight is 346 g/mol. The lowest BCUT2D eigenvalue weighted by atomic mass is 9.79. The number of nitrogens with two attached hydrogens (primary N) is 1. The standard InChI is InChI=1S/C15H21BrFNO2/c1-14(2,3)20-13(19)8-15(4,9-18)10-5-6-12(17)11(16)7-10/h5-7H,8-9,18H2,1-4H3. The number of hydrogen-bond acceptors (Lipinski definition) is 3. The molecule has 0 radical (unpaired) electrons. The van der Waals surface area contributed by atoms with E-state index in [2.05, 4.69) is 15.9 Å². The van der Waals surface area contributed by atoms with E-state index in [1.54, 1.807) is 12.1 Å². The van der Waals surface area contributed by atoms with Crippen molar-refractivity contribution in [1.29, 1.82) is 0 Å². The molecule has 0 heterocycles. The first-order valence-electron chi connectivity index (χ1n) is 6.45. The first-order valence-corrected chi connectivity index (χ1v) is 7.24. The third kappa shape index (κ3) is 4.56. The minimum absolute atomic E-state index is 0.152. The van der Waals surface area contributed by atoms with E-state index in [4.69, 9.17) is 10.5 Å². The van der Waals surface area contributed by atoms with Crippen LogP contribution in [0.4, 0.5) is 4.39 Å². The zero-order chi connectivity index (χ0) is 15.6. The molecule has 5 heteroatoms. The molecule has 1 atom stereocenters. The van der Waals surface area contributed by atoms with Crippen LogP contribution < -0.4 is 5.73 Å². The highest BCUT2D eigenvalue weighted by atomic mass is 79.9. The van der Waals surface area contributed by atoms with E-state index >= 15 is 0 Å². The van der Waals surface area contributed by atoms with Crippen molar-refractivity contribution in [1.82, 2.24) is 0 Å². The molecule has 0 aliphatic rings. The number of halogens is 2. The van der Waals surface area contributed by atoms with Gasteiger partial charge < -0.3 is 10.5 Å². The summed E-state index contributed by atoms with van der Waals surface area (Å²) in [5, 5.41) is 0.